The number of rotatable bonds is 14. The maximum atomic E-state index is 13.9. The van der Waals surface area contributed by atoms with Crippen LogP contribution >= 0.6 is 0 Å². The van der Waals surface area contributed by atoms with Crippen molar-refractivity contribution in [1.82, 2.24) is 49.8 Å². The second-order valence-corrected chi connectivity index (χ2v) is 22.6. The van der Waals surface area contributed by atoms with Crippen molar-refractivity contribution in [1.29, 1.82) is 0 Å². The normalized spacial score (nSPS) is 16.6. The number of aliphatic imine (C=N–C) groups is 1. The number of nitrogens with one attached hydrogen (secondary N) is 3. The minimum absolute atomic E-state index is 0.114. The van der Waals surface area contributed by atoms with E-state index in [2.05, 4.69) is 51.4 Å². The summed E-state index contributed by atoms with van der Waals surface area (Å²) in [6.07, 6.45) is 2.68. The predicted molar refractivity (Wildman–Crippen MR) is 338 cm³/mol. The Labute approximate surface area is 531 Å². The van der Waals surface area contributed by atoms with Crippen molar-refractivity contribution in [3.63, 3.8) is 0 Å². The van der Waals surface area contributed by atoms with Gasteiger partial charge in [-0.2, -0.15) is 26.3 Å². The molecule has 10 heterocycles. The highest BCUT2D eigenvalue weighted by Crippen LogP contribution is 2.43. The quantitative estimate of drug-likeness (QED) is 0.0588. The molecule has 5 aliphatic heterocycles. The van der Waals surface area contributed by atoms with Crippen LogP contribution < -0.4 is 41.3 Å². The molecule has 14 rings (SSSR count). The van der Waals surface area contributed by atoms with E-state index in [1.54, 1.807) is 124 Å². The zero-order valence-electron chi connectivity index (χ0n) is 49.6. The molecule has 30 heteroatoms. The first-order chi connectivity index (χ1) is 45.3. The van der Waals surface area contributed by atoms with Gasteiger partial charge >= 0.3 is 31.8 Å². The van der Waals surface area contributed by atoms with Gasteiger partial charge in [0, 0.05) is 73.1 Å². The minimum atomic E-state index is -4.51. The molecule has 2 atom stereocenters. The molecular formula is C64H55BF8N18O3. The Morgan fingerprint density at radius 3 is 1.68 bits per heavy atom. The van der Waals surface area contributed by atoms with Gasteiger partial charge in [0.1, 0.15) is 5.69 Å². The Morgan fingerprint density at radius 2 is 1.16 bits per heavy atom. The van der Waals surface area contributed by atoms with E-state index in [1.165, 1.54) is 29.1 Å². The molecule has 4 aromatic carbocycles. The maximum Gasteiger partial charge on any atom is 0.677 e. The summed E-state index contributed by atoms with van der Waals surface area (Å²) >= 11 is 0. The highest BCUT2D eigenvalue weighted by atomic mass is 19.4. The van der Waals surface area contributed by atoms with Crippen molar-refractivity contribution in [2.75, 3.05) is 56.4 Å². The fraction of sp³-hybridized carbons (Fsp3) is 0.219. The van der Waals surface area contributed by atoms with E-state index in [0.29, 0.717) is 118 Å². The number of pyridine rings is 2. The number of amides is 5. The first-order valence-electron chi connectivity index (χ1n) is 29.8. The Bertz CT molecular complexity index is 4470. The third-order valence-corrected chi connectivity index (χ3v) is 16.4. The summed E-state index contributed by atoms with van der Waals surface area (Å²) in [5, 5.41) is 25.1. The van der Waals surface area contributed by atoms with E-state index in [9.17, 15) is 49.4 Å². The van der Waals surface area contributed by atoms with Gasteiger partial charge in [-0.25, -0.2) is 28.9 Å². The van der Waals surface area contributed by atoms with Gasteiger partial charge < -0.3 is 36.0 Å². The van der Waals surface area contributed by atoms with E-state index in [1.807, 2.05) is 12.1 Å². The van der Waals surface area contributed by atoms with Crippen LogP contribution in [0, 0.1) is 0 Å². The van der Waals surface area contributed by atoms with Crippen LogP contribution in [0.5, 0.6) is 0 Å². The van der Waals surface area contributed by atoms with Gasteiger partial charge in [-0.15, -0.1) is 10.2 Å². The Morgan fingerprint density at radius 1 is 0.628 bits per heavy atom. The van der Waals surface area contributed by atoms with Crippen molar-refractivity contribution < 1.29 is 49.4 Å². The van der Waals surface area contributed by atoms with Crippen LogP contribution in [0.3, 0.4) is 0 Å². The fourth-order valence-corrected chi connectivity index (χ4v) is 11.8. The van der Waals surface area contributed by atoms with Crippen LogP contribution in [-0.4, -0.2) is 114 Å². The van der Waals surface area contributed by atoms with Crippen LogP contribution in [0.1, 0.15) is 53.9 Å². The summed E-state index contributed by atoms with van der Waals surface area (Å²) in [7, 11) is -2.66. The smallest absolute Gasteiger partial charge is 0.366 e. The molecule has 0 radical (unpaired) electrons. The molecule has 5 aliphatic rings. The lowest BCUT2D eigenvalue weighted by Gasteiger charge is -2.36. The standard InChI is InChI=1S/C38H32BF5N10O2.C26H23F3N8O/c40-38(41,42)25-5-1-4-24(18-25)33-12-13-34-36(48-33)54(32-15-17-51(34)23-32)37(56)47-27-6-2-7-31(20-27)53-22-29(49-50-53)21-45-35(55)14-11-26-9-10-28(46-26)19-30-8-3-16-52(30)39(43)44;27-26(28,29)17-4-1-3-16(11-17)22-7-8-23-24(32-22)37(21-9-10-35(23)15-21)25(38)31-18-5-2-6-20(12-18)36-14-19(13-30)33-34-36/h1-10,12-13,16,18-20,22,32H,11,14-15,17,21,23H2,(H,45,55)(H,47,56);1-8,11-12,14,21H,9-10,13,15,30H2,(H,31,38)/b28-19-;/t32-;21-/m00/s1. The molecule has 9 aromatic rings. The molecule has 4 bridgehead atoms. The number of carbonyl (C=O) groups excluding carboxylic acids is 3. The first-order valence-corrected chi connectivity index (χ1v) is 29.8. The number of benzene rings is 4. The number of nitrogens with two attached hydrogens (primary N) is 1. The van der Waals surface area contributed by atoms with Gasteiger partial charge in [0.25, 0.3) is 0 Å². The second kappa shape index (κ2) is 25.6. The number of urea groups is 2. The highest BCUT2D eigenvalue weighted by Gasteiger charge is 2.42. The first kappa shape index (κ1) is 61.8. The van der Waals surface area contributed by atoms with Crippen molar-refractivity contribution >= 4 is 71.5 Å². The number of allylic oxidation sites excluding steroid dienone is 2. The largest absolute Gasteiger partial charge is 0.677 e. The van der Waals surface area contributed by atoms with Gasteiger partial charge in [0.05, 0.1) is 87.7 Å². The average molecular weight is 1290 g/mol. The van der Waals surface area contributed by atoms with Crippen LogP contribution in [0.4, 0.5) is 78.9 Å². The van der Waals surface area contributed by atoms with E-state index < -0.39 is 36.9 Å². The molecule has 5 aromatic heterocycles. The van der Waals surface area contributed by atoms with Gasteiger partial charge in [-0.3, -0.25) is 28.2 Å². The van der Waals surface area contributed by atoms with Gasteiger partial charge in [0.15, 0.2) is 11.6 Å². The molecule has 2 saturated heterocycles. The molecule has 5 amide bonds. The molecule has 478 valence electrons. The predicted octanol–water partition coefficient (Wildman–Crippen LogP) is 11.4. The number of hydrogen-bond acceptors (Lipinski definition) is 13. The van der Waals surface area contributed by atoms with E-state index in [0.717, 1.165) is 53.1 Å². The Kier molecular flexibility index (Phi) is 16.8. The molecular weight excluding hydrogens is 1230 g/mol. The summed E-state index contributed by atoms with van der Waals surface area (Å²) in [6.45, 7) is 3.12. The van der Waals surface area contributed by atoms with Gasteiger partial charge in [-0.1, -0.05) is 46.8 Å². The number of fused-ring (bicyclic) bond motifs is 8. The molecule has 0 unspecified atom stereocenters. The summed E-state index contributed by atoms with van der Waals surface area (Å²) in [5.74, 6) is 0.565. The number of hydrogen-bond donors (Lipinski definition) is 4. The van der Waals surface area contributed by atoms with E-state index in [4.69, 9.17) is 15.7 Å². The average Bonchev–Trinajstić information content (AvgIpc) is 1.38. The van der Waals surface area contributed by atoms with E-state index in [-0.39, 0.29) is 43.5 Å². The molecule has 0 spiro atoms. The minimum Gasteiger partial charge on any atom is -0.366 e. The van der Waals surface area contributed by atoms with Crippen molar-refractivity contribution in [2.45, 2.75) is 63.2 Å². The summed E-state index contributed by atoms with van der Waals surface area (Å²) in [5.41, 5.74) is 11.8. The van der Waals surface area contributed by atoms with E-state index >= 15 is 0 Å². The number of carbonyl (C=O) groups is 3. The number of alkyl halides is 6. The number of halogens is 8. The summed E-state index contributed by atoms with van der Waals surface area (Å²) in [4.78, 5) is 61.4. The van der Waals surface area contributed by atoms with Gasteiger partial charge in [-0.05, 0) is 141 Å². The fourth-order valence-electron chi connectivity index (χ4n) is 11.8. The van der Waals surface area contributed by atoms with Crippen molar-refractivity contribution in [3.05, 3.63) is 198 Å². The molecule has 5 N–H and O–H groups in total. The molecule has 21 nitrogen and oxygen atoms in total. The Hall–Kier alpha value is -11.0. The van der Waals surface area contributed by atoms with Crippen molar-refractivity contribution in [3.8, 4) is 33.9 Å². The molecule has 2 fully saturated rings. The van der Waals surface area contributed by atoms with Crippen molar-refractivity contribution in [2.24, 2.45) is 10.7 Å². The number of nitrogens with zero attached hydrogens (tertiary/aromatic N) is 14. The number of aromatic nitrogens is 9. The molecule has 94 heavy (non-hydrogen) atoms. The molecule has 0 saturated carbocycles. The van der Waals surface area contributed by atoms with Crippen LogP contribution in [-0.2, 0) is 30.2 Å². The summed E-state index contributed by atoms with van der Waals surface area (Å²) in [6, 6.07) is 33.1. The third kappa shape index (κ3) is 13.2. The van der Waals surface area contributed by atoms with Crippen LogP contribution in [0.15, 0.2) is 175 Å². The second-order valence-electron chi connectivity index (χ2n) is 22.6. The maximum absolute atomic E-state index is 13.9. The number of anilines is 6. The zero-order chi connectivity index (χ0) is 65.4. The summed E-state index contributed by atoms with van der Waals surface area (Å²) < 4.78 is 110. The lowest BCUT2D eigenvalue weighted by Crippen LogP contribution is -2.48. The third-order valence-electron chi connectivity index (χ3n) is 16.4. The topological polar surface area (TPSA) is 231 Å². The monoisotopic (exact) mass is 1290 g/mol. The van der Waals surface area contributed by atoms with Gasteiger partial charge in [0.2, 0.25) is 5.91 Å². The highest BCUT2D eigenvalue weighted by molar-refractivity contribution is 6.41. The molecule has 0 aliphatic carbocycles. The SMILES string of the molecule is NCc1cn(-c2cccc(NC(=O)N3c4nc(-c5cccc(C(F)(F)F)c5)ccc4N4CC[C@H]3C4)c2)nn1.O=C(CCC1=N/C(=C\c2cccn2B(F)F)C=C1)NCc1cn(-c2cccc(NC(=O)N3c4nc(-c5cccc(C(F)(F)F)c5)ccc4N4CC[C@H]3C4)c2)nn1. The Balaban J connectivity index is 0.000000184. The van der Waals surface area contributed by atoms with Crippen LogP contribution in [0.2, 0.25) is 0 Å². The lowest BCUT2D eigenvalue weighted by molar-refractivity contribution is -0.138. The lowest BCUT2D eigenvalue weighted by atomic mass is 10.1. The zero-order valence-corrected chi connectivity index (χ0v) is 49.6. The van der Waals surface area contributed by atoms with Crippen LogP contribution in [0.25, 0.3) is 40.0 Å².